The Balaban J connectivity index is 1.44. The normalized spacial score (nSPS) is 13.7. The van der Waals surface area contributed by atoms with Crippen LogP contribution in [0.25, 0.3) is 10.9 Å². The molecule has 1 aliphatic carbocycles. The summed E-state index contributed by atoms with van der Waals surface area (Å²) in [5, 5.41) is 4.34. The number of amides is 1. The lowest BCUT2D eigenvalue weighted by atomic mass is 9.90. The number of aromatic nitrogens is 1. The molecule has 0 radical (unpaired) electrons. The fourth-order valence-electron chi connectivity index (χ4n) is 3.70. The Morgan fingerprint density at radius 2 is 1.92 bits per heavy atom. The van der Waals surface area contributed by atoms with Crippen molar-refractivity contribution in [2.24, 2.45) is 0 Å². The molecule has 1 heterocycles. The van der Waals surface area contributed by atoms with E-state index in [1.165, 1.54) is 34.9 Å². The van der Waals surface area contributed by atoms with E-state index in [0.717, 1.165) is 30.5 Å². The van der Waals surface area contributed by atoms with Crippen LogP contribution in [0.4, 0.5) is 5.69 Å². The van der Waals surface area contributed by atoms with Gasteiger partial charge in [-0.05, 0) is 60.9 Å². The number of hydrogen-bond acceptors (Lipinski definition) is 1. The number of aromatic amines is 1. The first-order valence-corrected chi connectivity index (χ1v) is 8.77. The Morgan fingerprint density at radius 3 is 2.88 bits per heavy atom. The first kappa shape index (κ1) is 15.0. The van der Waals surface area contributed by atoms with E-state index in [2.05, 4.69) is 34.6 Å². The molecule has 3 heteroatoms. The highest BCUT2D eigenvalue weighted by Gasteiger charge is 2.14. The van der Waals surface area contributed by atoms with Crippen molar-refractivity contribution >= 4 is 22.5 Å². The van der Waals surface area contributed by atoms with E-state index in [4.69, 9.17) is 0 Å². The van der Waals surface area contributed by atoms with Crippen LogP contribution in [0.15, 0.2) is 48.7 Å². The quantitative estimate of drug-likeness (QED) is 0.724. The molecular weight excluding hydrogens is 296 g/mol. The SMILES string of the molecule is O=C(CCc1c[nH]c2ccccc12)Nc1cccc2c1CCCC2. The van der Waals surface area contributed by atoms with Crippen LogP contribution < -0.4 is 5.32 Å². The minimum atomic E-state index is 0.0965. The van der Waals surface area contributed by atoms with Gasteiger partial charge < -0.3 is 10.3 Å². The van der Waals surface area contributed by atoms with Crippen LogP contribution in [0.2, 0.25) is 0 Å². The molecule has 0 unspecified atom stereocenters. The average molecular weight is 318 g/mol. The number of carbonyl (C=O) groups is 1. The lowest BCUT2D eigenvalue weighted by Crippen LogP contribution is -2.15. The third kappa shape index (κ3) is 2.94. The fourth-order valence-corrected chi connectivity index (χ4v) is 3.70. The molecule has 24 heavy (non-hydrogen) atoms. The van der Waals surface area contributed by atoms with Gasteiger partial charge in [-0.25, -0.2) is 0 Å². The third-order valence-electron chi connectivity index (χ3n) is 4.97. The molecule has 3 nitrogen and oxygen atoms in total. The van der Waals surface area contributed by atoms with Gasteiger partial charge in [-0.2, -0.15) is 0 Å². The topological polar surface area (TPSA) is 44.9 Å². The van der Waals surface area contributed by atoms with Crippen LogP contribution in [-0.2, 0) is 24.1 Å². The van der Waals surface area contributed by atoms with Gasteiger partial charge in [-0.1, -0.05) is 30.3 Å². The second kappa shape index (κ2) is 6.52. The van der Waals surface area contributed by atoms with Gasteiger partial charge in [-0.3, -0.25) is 4.79 Å². The molecule has 2 aromatic carbocycles. The Kier molecular flexibility index (Phi) is 4.08. The highest BCUT2D eigenvalue weighted by Crippen LogP contribution is 2.28. The Labute approximate surface area is 142 Å². The van der Waals surface area contributed by atoms with E-state index in [1.54, 1.807) is 0 Å². The van der Waals surface area contributed by atoms with Crippen LogP contribution >= 0.6 is 0 Å². The molecule has 0 spiro atoms. The van der Waals surface area contributed by atoms with Crippen molar-refractivity contribution in [2.45, 2.75) is 38.5 Å². The molecule has 0 bridgehead atoms. The van der Waals surface area contributed by atoms with Crippen LogP contribution in [0.5, 0.6) is 0 Å². The minimum absolute atomic E-state index is 0.0965. The summed E-state index contributed by atoms with van der Waals surface area (Å²) in [6, 6.07) is 14.5. The van der Waals surface area contributed by atoms with E-state index < -0.39 is 0 Å². The molecule has 1 amide bonds. The van der Waals surface area contributed by atoms with Crippen LogP contribution in [0.1, 0.15) is 36.0 Å². The molecule has 0 aliphatic heterocycles. The largest absolute Gasteiger partial charge is 0.361 e. The second-order valence-corrected chi connectivity index (χ2v) is 6.56. The van der Waals surface area contributed by atoms with E-state index in [1.807, 2.05) is 24.4 Å². The predicted molar refractivity (Wildman–Crippen MR) is 98.3 cm³/mol. The Hall–Kier alpha value is -2.55. The lowest BCUT2D eigenvalue weighted by Gasteiger charge is -2.19. The van der Waals surface area contributed by atoms with Crippen LogP contribution in [-0.4, -0.2) is 10.9 Å². The standard InChI is InChI=1S/C21H22N2O/c24-21(13-12-16-14-22-19-10-4-3-9-18(16)19)23-20-11-5-7-15-6-1-2-8-17(15)20/h3-5,7,9-11,14,22H,1-2,6,8,12-13H2,(H,23,24). The maximum absolute atomic E-state index is 12.4. The number of para-hydroxylation sites is 1. The van der Waals surface area contributed by atoms with Crippen molar-refractivity contribution in [1.29, 1.82) is 0 Å². The third-order valence-corrected chi connectivity index (χ3v) is 4.97. The van der Waals surface area contributed by atoms with Crippen LogP contribution in [0.3, 0.4) is 0 Å². The highest BCUT2D eigenvalue weighted by atomic mass is 16.1. The smallest absolute Gasteiger partial charge is 0.224 e. The zero-order valence-electron chi connectivity index (χ0n) is 13.8. The Bertz CT molecular complexity index is 878. The van der Waals surface area contributed by atoms with E-state index in [0.29, 0.717) is 6.42 Å². The van der Waals surface area contributed by atoms with Crippen molar-refractivity contribution in [3.63, 3.8) is 0 Å². The summed E-state index contributed by atoms with van der Waals surface area (Å²) in [6.07, 6.45) is 7.96. The van der Waals surface area contributed by atoms with Gasteiger partial charge in [0.05, 0.1) is 0 Å². The zero-order chi connectivity index (χ0) is 16.4. The molecule has 0 saturated heterocycles. The number of anilines is 1. The first-order valence-electron chi connectivity index (χ1n) is 8.77. The van der Waals surface area contributed by atoms with Crippen molar-refractivity contribution < 1.29 is 4.79 Å². The number of nitrogens with one attached hydrogen (secondary N) is 2. The van der Waals surface area contributed by atoms with Gasteiger partial charge in [-0.15, -0.1) is 0 Å². The summed E-state index contributed by atoms with van der Waals surface area (Å²) in [5.41, 5.74) is 6.08. The first-order chi connectivity index (χ1) is 11.8. The van der Waals surface area contributed by atoms with Crippen molar-refractivity contribution in [3.8, 4) is 0 Å². The maximum Gasteiger partial charge on any atom is 0.224 e. The van der Waals surface area contributed by atoms with Gasteiger partial charge in [0.25, 0.3) is 0 Å². The average Bonchev–Trinajstić information content (AvgIpc) is 3.04. The number of fused-ring (bicyclic) bond motifs is 2. The van der Waals surface area contributed by atoms with Crippen molar-refractivity contribution in [2.75, 3.05) is 5.32 Å². The number of carbonyl (C=O) groups excluding carboxylic acids is 1. The van der Waals surface area contributed by atoms with Gasteiger partial charge in [0.15, 0.2) is 0 Å². The molecule has 4 rings (SSSR count). The lowest BCUT2D eigenvalue weighted by molar-refractivity contribution is -0.116. The zero-order valence-corrected chi connectivity index (χ0v) is 13.8. The fraction of sp³-hybridized carbons (Fsp3) is 0.286. The summed E-state index contributed by atoms with van der Waals surface area (Å²) < 4.78 is 0. The number of hydrogen-bond donors (Lipinski definition) is 2. The van der Waals surface area contributed by atoms with Gasteiger partial charge in [0.1, 0.15) is 0 Å². The summed E-state index contributed by atoms with van der Waals surface area (Å²) in [6.45, 7) is 0. The number of benzene rings is 2. The molecule has 1 aliphatic rings. The van der Waals surface area contributed by atoms with E-state index in [9.17, 15) is 4.79 Å². The van der Waals surface area contributed by atoms with E-state index in [-0.39, 0.29) is 5.91 Å². The molecule has 2 N–H and O–H groups in total. The number of aryl methyl sites for hydroxylation is 2. The van der Waals surface area contributed by atoms with Crippen molar-refractivity contribution in [1.82, 2.24) is 4.98 Å². The van der Waals surface area contributed by atoms with Gasteiger partial charge in [0, 0.05) is 29.2 Å². The molecule has 122 valence electrons. The van der Waals surface area contributed by atoms with E-state index >= 15 is 0 Å². The monoisotopic (exact) mass is 318 g/mol. The van der Waals surface area contributed by atoms with Gasteiger partial charge >= 0.3 is 0 Å². The molecule has 0 saturated carbocycles. The molecule has 0 atom stereocenters. The summed E-state index contributed by atoms with van der Waals surface area (Å²) in [4.78, 5) is 15.7. The minimum Gasteiger partial charge on any atom is -0.361 e. The highest BCUT2D eigenvalue weighted by molar-refractivity contribution is 5.92. The van der Waals surface area contributed by atoms with Crippen LogP contribution in [0, 0.1) is 0 Å². The molecule has 3 aromatic rings. The molecule has 0 fully saturated rings. The van der Waals surface area contributed by atoms with Crippen molar-refractivity contribution in [3.05, 3.63) is 65.4 Å². The second-order valence-electron chi connectivity index (χ2n) is 6.56. The summed E-state index contributed by atoms with van der Waals surface area (Å²) in [7, 11) is 0. The predicted octanol–water partition coefficient (Wildman–Crippen LogP) is 4.62. The summed E-state index contributed by atoms with van der Waals surface area (Å²) >= 11 is 0. The Morgan fingerprint density at radius 1 is 1.04 bits per heavy atom. The molecule has 1 aromatic heterocycles. The van der Waals surface area contributed by atoms with Gasteiger partial charge in [0.2, 0.25) is 5.91 Å². The maximum atomic E-state index is 12.4. The summed E-state index contributed by atoms with van der Waals surface area (Å²) in [5.74, 6) is 0.0965. The number of H-pyrrole nitrogens is 1. The molecular formula is C21H22N2O. The number of rotatable bonds is 4.